The minimum atomic E-state index is -1.45. The van der Waals surface area contributed by atoms with Gasteiger partial charge in [0.25, 0.3) is 5.91 Å². The van der Waals surface area contributed by atoms with Gasteiger partial charge in [-0.1, -0.05) is 0 Å². The van der Waals surface area contributed by atoms with Crippen molar-refractivity contribution in [1.82, 2.24) is 5.32 Å². The number of benzene rings is 1. The standard InChI is InChI=1S/C12H15NO6/c1-6(14)10(12(17)18)13-11(16)8-4-3-7(19-2)5-9(8)15/h3-6,10,14-15H,1-2H3,(H,13,16)(H,17,18)/t6-,10+/m1/s1. The van der Waals surface area contributed by atoms with E-state index in [1.165, 1.54) is 32.2 Å². The normalized spacial score (nSPS) is 13.4. The summed E-state index contributed by atoms with van der Waals surface area (Å²) in [6.07, 6.45) is -1.26. The average Bonchev–Trinajstić information content (AvgIpc) is 2.34. The largest absolute Gasteiger partial charge is 0.507 e. The molecule has 7 heteroatoms. The Labute approximate surface area is 109 Å². The summed E-state index contributed by atoms with van der Waals surface area (Å²) in [6, 6.07) is 2.53. The molecule has 2 atom stereocenters. The number of hydrogen-bond donors (Lipinski definition) is 4. The average molecular weight is 269 g/mol. The Bertz CT molecular complexity index is 485. The first-order valence-corrected chi connectivity index (χ1v) is 5.45. The van der Waals surface area contributed by atoms with Gasteiger partial charge in [-0.2, -0.15) is 0 Å². The topological polar surface area (TPSA) is 116 Å². The Hall–Kier alpha value is -2.28. The lowest BCUT2D eigenvalue weighted by Crippen LogP contribution is -2.47. The van der Waals surface area contributed by atoms with E-state index >= 15 is 0 Å². The number of carbonyl (C=O) groups is 2. The third kappa shape index (κ3) is 3.59. The maximum absolute atomic E-state index is 11.8. The molecule has 0 aliphatic heterocycles. The second kappa shape index (κ2) is 6.05. The van der Waals surface area contributed by atoms with Gasteiger partial charge in [0, 0.05) is 6.07 Å². The molecule has 1 rings (SSSR count). The van der Waals surface area contributed by atoms with Crippen molar-refractivity contribution in [3.63, 3.8) is 0 Å². The van der Waals surface area contributed by atoms with E-state index < -0.39 is 24.0 Å². The van der Waals surface area contributed by atoms with Gasteiger partial charge in [0.15, 0.2) is 6.04 Å². The lowest BCUT2D eigenvalue weighted by Gasteiger charge is -2.17. The number of hydrogen-bond acceptors (Lipinski definition) is 5. The van der Waals surface area contributed by atoms with Crippen molar-refractivity contribution in [3.8, 4) is 11.5 Å². The molecule has 0 saturated carbocycles. The highest BCUT2D eigenvalue weighted by Crippen LogP contribution is 2.23. The number of aliphatic carboxylic acids is 1. The molecule has 0 saturated heterocycles. The van der Waals surface area contributed by atoms with Crippen molar-refractivity contribution < 1.29 is 29.6 Å². The number of aliphatic hydroxyl groups is 1. The van der Waals surface area contributed by atoms with Gasteiger partial charge in [-0.15, -0.1) is 0 Å². The molecule has 7 nitrogen and oxygen atoms in total. The number of phenols is 1. The number of carboxylic acids is 1. The van der Waals surface area contributed by atoms with Gasteiger partial charge in [-0.25, -0.2) is 4.79 Å². The molecule has 0 spiro atoms. The summed E-state index contributed by atoms with van der Waals surface area (Å²) in [5.41, 5.74) is -0.104. The third-order valence-electron chi connectivity index (χ3n) is 2.48. The lowest BCUT2D eigenvalue weighted by molar-refractivity contribution is -0.141. The number of carboxylic acid groups (broad SMARTS) is 1. The van der Waals surface area contributed by atoms with Crippen LogP contribution in [0, 0.1) is 0 Å². The highest BCUT2D eigenvalue weighted by Gasteiger charge is 2.26. The lowest BCUT2D eigenvalue weighted by atomic mass is 10.1. The fourth-order valence-corrected chi connectivity index (χ4v) is 1.44. The minimum Gasteiger partial charge on any atom is -0.507 e. The fourth-order valence-electron chi connectivity index (χ4n) is 1.44. The molecule has 0 aromatic heterocycles. The predicted molar refractivity (Wildman–Crippen MR) is 65.2 cm³/mol. The molecule has 104 valence electrons. The maximum atomic E-state index is 11.8. The molecule has 1 aromatic rings. The van der Waals surface area contributed by atoms with E-state index in [4.69, 9.17) is 9.84 Å². The van der Waals surface area contributed by atoms with Crippen LogP contribution in [0.2, 0.25) is 0 Å². The minimum absolute atomic E-state index is 0.104. The van der Waals surface area contributed by atoms with Crippen LogP contribution in [0.3, 0.4) is 0 Å². The number of rotatable bonds is 5. The van der Waals surface area contributed by atoms with Gasteiger partial charge in [-0.05, 0) is 19.1 Å². The second-order valence-electron chi connectivity index (χ2n) is 3.91. The van der Waals surface area contributed by atoms with Gasteiger partial charge >= 0.3 is 5.97 Å². The van der Waals surface area contributed by atoms with E-state index in [1.54, 1.807) is 0 Å². The highest BCUT2D eigenvalue weighted by molar-refractivity contribution is 5.99. The number of carbonyl (C=O) groups excluding carboxylic acids is 1. The molecule has 4 N–H and O–H groups in total. The molecular formula is C12H15NO6. The maximum Gasteiger partial charge on any atom is 0.328 e. The van der Waals surface area contributed by atoms with E-state index in [1.807, 2.05) is 0 Å². The molecule has 1 aromatic carbocycles. The van der Waals surface area contributed by atoms with Crippen molar-refractivity contribution in [2.75, 3.05) is 7.11 Å². The molecule has 19 heavy (non-hydrogen) atoms. The molecule has 1 amide bonds. The molecule has 0 radical (unpaired) electrons. The van der Waals surface area contributed by atoms with Crippen molar-refractivity contribution in [2.24, 2.45) is 0 Å². The Morgan fingerprint density at radius 1 is 1.37 bits per heavy atom. The monoisotopic (exact) mass is 269 g/mol. The number of nitrogens with one attached hydrogen (secondary N) is 1. The highest BCUT2D eigenvalue weighted by atomic mass is 16.5. The van der Waals surface area contributed by atoms with E-state index in [0.29, 0.717) is 5.75 Å². The van der Waals surface area contributed by atoms with E-state index in [-0.39, 0.29) is 11.3 Å². The van der Waals surface area contributed by atoms with E-state index in [2.05, 4.69) is 5.32 Å². The number of aromatic hydroxyl groups is 1. The van der Waals surface area contributed by atoms with Gasteiger partial charge in [-0.3, -0.25) is 4.79 Å². The number of methoxy groups -OCH3 is 1. The number of phenolic OH excluding ortho intramolecular Hbond substituents is 1. The second-order valence-corrected chi connectivity index (χ2v) is 3.91. The molecule has 0 heterocycles. The van der Waals surface area contributed by atoms with Crippen molar-refractivity contribution >= 4 is 11.9 Å². The number of aliphatic hydroxyl groups excluding tert-OH is 1. The molecular weight excluding hydrogens is 254 g/mol. The van der Waals surface area contributed by atoms with E-state index in [0.717, 1.165) is 0 Å². The van der Waals surface area contributed by atoms with Gasteiger partial charge in [0.2, 0.25) is 0 Å². The first-order chi connectivity index (χ1) is 8.86. The van der Waals surface area contributed by atoms with Gasteiger partial charge in [0.1, 0.15) is 11.5 Å². The first-order valence-electron chi connectivity index (χ1n) is 5.45. The van der Waals surface area contributed by atoms with Crippen LogP contribution in [0.15, 0.2) is 18.2 Å². The Morgan fingerprint density at radius 2 is 2.00 bits per heavy atom. The smallest absolute Gasteiger partial charge is 0.328 e. The van der Waals surface area contributed by atoms with Crippen molar-refractivity contribution in [2.45, 2.75) is 19.1 Å². The van der Waals surface area contributed by atoms with Gasteiger partial charge < -0.3 is 25.4 Å². The van der Waals surface area contributed by atoms with Crippen LogP contribution in [-0.2, 0) is 4.79 Å². The van der Waals surface area contributed by atoms with Crippen LogP contribution in [-0.4, -0.2) is 46.5 Å². The Kier molecular flexibility index (Phi) is 4.71. The van der Waals surface area contributed by atoms with Gasteiger partial charge in [0.05, 0.1) is 18.8 Å². The predicted octanol–water partition coefficient (Wildman–Crippen LogP) is -0.0354. The first kappa shape index (κ1) is 14.8. The molecule has 0 aliphatic rings. The third-order valence-corrected chi connectivity index (χ3v) is 2.48. The van der Waals surface area contributed by atoms with Crippen molar-refractivity contribution in [1.29, 1.82) is 0 Å². The zero-order valence-corrected chi connectivity index (χ0v) is 10.5. The summed E-state index contributed by atoms with van der Waals surface area (Å²) in [7, 11) is 1.41. The summed E-state index contributed by atoms with van der Waals surface area (Å²) >= 11 is 0. The summed E-state index contributed by atoms with van der Waals surface area (Å²) in [4.78, 5) is 22.6. The molecule has 0 fully saturated rings. The van der Waals surface area contributed by atoms with Crippen LogP contribution in [0.5, 0.6) is 11.5 Å². The Morgan fingerprint density at radius 3 is 2.42 bits per heavy atom. The van der Waals surface area contributed by atoms with Crippen LogP contribution in [0.25, 0.3) is 0 Å². The summed E-state index contributed by atoms with van der Waals surface area (Å²) in [5, 5.41) is 29.8. The number of amides is 1. The summed E-state index contributed by atoms with van der Waals surface area (Å²) in [5.74, 6) is -2.14. The SMILES string of the molecule is COc1ccc(C(=O)N[C@H](C(=O)O)[C@@H](C)O)c(O)c1. The summed E-state index contributed by atoms with van der Waals surface area (Å²) in [6.45, 7) is 1.24. The zero-order valence-electron chi connectivity index (χ0n) is 10.5. The van der Waals surface area contributed by atoms with Crippen molar-refractivity contribution in [3.05, 3.63) is 23.8 Å². The summed E-state index contributed by atoms with van der Waals surface area (Å²) < 4.78 is 4.86. The Balaban J connectivity index is 2.91. The number of ether oxygens (including phenoxy) is 1. The molecule has 0 unspecified atom stereocenters. The zero-order chi connectivity index (χ0) is 14.6. The van der Waals surface area contributed by atoms with Crippen LogP contribution in [0.4, 0.5) is 0 Å². The molecule has 0 bridgehead atoms. The van der Waals surface area contributed by atoms with Crippen LogP contribution >= 0.6 is 0 Å². The molecule has 0 aliphatic carbocycles. The van der Waals surface area contributed by atoms with Crippen LogP contribution < -0.4 is 10.1 Å². The van der Waals surface area contributed by atoms with E-state index in [9.17, 15) is 19.8 Å². The quantitative estimate of drug-likeness (QED) is 0.596. The van der Waals surface area contributed by atoms with Crippen LogP contribution in [0.1, 0.15) is 17.3 Å². The fraction of sp³-hybridized carbons (Fsp3) is 0.333.